The van der Waals surface area contributed by atoms with Gasteiger partial charge in [0.2, 0.25) is 5.91 Å². The number of aromatic nitrogens is 3. The summed E-state index contributed by atoms with van der Waals surface area (Å²) < 4.78 is 42.8. The van der Waals surface area contributed by atoms with Gasteiger partial charge < -0.3 is 15.0 Å². The van der Waals surface area contributed by atoms with E-state index < -0.39 is 23.8 Å². The average molecular weight is 557 g/mol. The Morgan fingerprint density at radius 2 is 1.86 bits per heavy atom. The Balaban J connectivity index is 0.00000380. The fourth-order valence-corrected chi connectivity index (χ4v) is 4.39. The van der Waals surface area contributed by atoms with E-state index in [9.17, 15) is 22.8 Å². The summed E-state index contributed by atoms with van der Waals surface area (Å²) in [6.07, 6.45) is -3.46. The number of likely N-dealkylation sites (N-methyl/N-ethyl adjacent to an activating group) is 1. The van der Waals surface area contributed by atoms with Gasteiger partial charge in [0.1, 0.15) is 10.7 Å². The fraction of sp³-hybridized carbons (Fsp3) is 0.348. The summed E-state index contributed by atoms with van der Waals surface area (Å²) in [6, 6.07) is 8.77. The van der Waals surface area contributed by atoms with Crippen LogP contribution in [0.4, 0.5) is 18.9 Å². The molecule has 0 bridgehead atoms. The summed E-state index contributed by atoms with van der Waals surface area (Å²) in [5.74, 6) is -1.49. The van der Waals surface area contributed by atoms with Crippen LogP contribution < -0.4 is 10.1 Å². The number of benzene rings is 1. The lowest BCUT2D eigenvalue weighted by atomic mass is 10.1. The molecule has 3 heterocycles. The van der Waals surface area contributed by atoms with E-state index in [0.717, 1.165) is 19.2 Å². The molecule has 4 rings (SSSR count). The molecule has 2 aromatic heterocycles. The van der Waals surface area contributed by atoms with E-state index in [4.69, 9.17) is 0 Å². The summed E-state index contributed by atoms with van der Waals surface area (Å²) in [5, 5.41) is 11.5. The molecule has 37 heavy (non-hydrogen) atoms. The number of hydrogen-bond donors (Lipinski definition) is 1. The molecule has 1 fully saturated rings. The minimum absolute atomic E-state index is 0. The standard InChI is InChI=1S/C23H23F3N6O3S.ClH/c1-31-8-10-32(11-9-31)14-20(34)28-17-12-15(5-6-19(17)35-23(24,25)26)18(33)13-21-29-30-22(36-21)16-4-2-3-7-27-16;/h2-7,12H,8-11,13-14H2,1H3,(H,28,34);1H. The summed E-state index contributed by atoms with van der Waals surface area (Å²) in [4.78, 5) is 33.7. The first kappa shape index (κ1) is 28.4. The number of nitrogens with zero attached hydrogens (tertiary/aromatic N) is 5. The Morgan fingerprint density at radius 3 is 2.54 bits per heavy atom. The van der Waals surface area contributed by atoms with Crippen molar-refractivity contribution >= 4 is 41.1 Å². The minimum atomic E-state index is -4.96. The third-order valence-corrected chi connectivity index (χ3v) is 6.37. The van der Waals surface area contributed by atoms with Crippen molar-refractivity contribution in [3.05, 3.63) is 53.2 Å². The van der Waals surface area contributed by atoms with Crippen LogP contribution in [0.2, 0.25) is 0 Å². The smallest absolute Gasteiger partial charge is 0.404 e. The molecule has 0 atom stereocenters. The maximum Gasteiger partial charge on any atom is 0.573 e. The Labute approximate surface area is 221 Å². The lowest BCUT2D eigenvalue weighted by Crippen LogP contribution is -2.47. The van der Waals surface area contributed by atoms with Gasteiger partial charge in [-0.2, -0.15) is 0 Å². The molecule has 1 aliphatic heterocycles. The van der Waals surface area contributed by atoms with Gasteiger partial charge in [0.05, 0.1) is 18.7 Å². The molecule has 0 radical (unpaired) electrons. The van der Waals surface area contributed by atoms with Gasteiger partial charge >= 0.3 is 6.36 Å². The molecule has 1 aliphatic rings. The van der Waals surface area contributed by atoms with E-state index in [1.165, 1.54) is 23.5 Å². The van der Waals surface area contributed by atoms with Crippen LogP contribution in [0.25, 0.3) is 10.7 Å². The Kier molecular flexibility index (Phi) is 9.54. The number of nitrogens with one attached hydrogen (secondary N) is 1. The van der Waals surface area contributed by atoms with Gasteiger partial charge in [-0.25, -0.2) is 0 Å². The van der Waals surface area contributed by atoms with Crippen molar-refractivity contribution in [2.75, 3.05) is 45.1 Å². The molecule has 1 aromatic carbocycles. The lowest BCUT2D eigenvalue weighted by Gasteiger charge is -2.31. The van der Waals surface area contributed by atoms with Crippen LogP contribution >= 0.6 is 23.7 Å². The largest absolute Gasteiger partial charge is 0.573 e. The zero-order valence-corrected chi connectivity index (χ0v) is 21.3. The maximum atomic E-state index is 12.9. The Morgan fingerprint density at radius 1 is 1.11 bits per heavy atom. The van der Waals surface area contributed by atoms with Gasteiger partial charge in [0.15, 0.2) is 16.5 Å². The second-order valence-electron chi connectivity index (χ2n) is 8.20. The van der Waals surface area contributed by atoms with E-state index in [1.807, 2.05) is 11.9 Å². The Bertz CT molecular complexity index is 1220. The highest BCUT2D eigenvalue weighted by Gasteiger charge is 2.33. The van der Waals surface area contributed by atoms with Crippen LogP contribution in [0.5, 0.6) is 5.75 Å². The van der Waals surface area contributed by atoms with Gasteiger partial charge in [-0.15, -0.1) is 35.8 Å². The molecule has 1 N–H and O–H groups in total. The first-order chi connectivity index (χ1) is 17.2. The lowest BCUT2D eigenvalue weighted by molar-refractivity contribution is -0.274. The number of pyridine rings is 1. The molecule has 198 valence electrons. The van der Waals surface area contributed by atoms with Crippen molar-refractivity contribution in [1.29, 1.82) is 0 Å². The molecule has 1 saturated heterocycles. The quantitative estimate of drug-likeness (QED) is 0.421. The molecular formula is C23H24ClF3N6O3S. The van der Waals surface area contributed by atoms with Crippen LogP contribution in [0.15, 0.2) is 42.6 Å². The number of alkyl halides is 3. The van der Waals surface area contributed by atoms with E-state index in [1.54, 1.807) is 24.4 Å². The van der Waals surface area contributed by atoms with Crippen molar-refractivity contribution in [1.82, 2.24) is 25.0 Å². The monoisotopic (exact) mass is 556 g/mol. The molecule has 0 aliphatic carbocycles. The number of carbonyl (C=O) groups is 2. The molecule has 9 nitrogen and oxygen atoms in total. The van der Waals surface area contributed by atoms with Crippen LogP contribution in [-0.2, 0) is 11.2 Å². The fourth-order valence-electron chi connectivity index (χ4n) is 3.57. The molecular weight excluding hydrogens is 533 g/mol. The first-order valence-corrected chi connectivity index (χ1v) is 11.9. The number of carbonyl (C=O) groups excluding carboxylic acids is 2. The normalized spacial score (nSPS) is 14.6. The zero-order valence-electron chi connectivity index (χ0n) is 19.7. The van der Waals surface area contributed by atoms with Gasteiger partial charge in [0.25, 0.3) is 0 Å². The van der Waals surface area contributed by atoms with Crippen LogP contribution in [0, 0.1) is 0 Å². The number of amides is 1. The van der Waals surface area contributed by atoms with E-state index in [0.29, 0.717) is 28.8 Å². The number of anilines is 1. The number of ketones is 1. The second-order valence-corrected chi connectivity index (χ2v) is 9.26. The van der Waals surface area contributed by atoms with Crippen molar-refractivity contribution < 1.29 is 27.5 Å². The SMILES string of the molecule is CN1CCN(CC(=O)Nc2cc(C(=O)Cc3nnc(-c4ccccn4)s3)ccc2OC(F)(F)F)CC1.Cl. The van der Waals surface area contributed by atoms with Crippen LogP contribution in [-0.4, -0.2) is 82.8 Å². The zero-order chi connectivity index (χ0) is 25.7. The van der Waals surface area contributed by atoms with Crippen LogP contribution in [0.1, 0.15) is 15.4 Å². The van der Waals surface area contributed by atoms with Crippen molar-refractivity contribution in [2.24, 2.45) is 0 Å². The highest BCUT2D eigenvalue weighted by atomic mass is 35.5. The first-order valence-electron chi connectivity index (χ1n) is 11.0. The van der Waals surface area contributed by atoms with E-state index >= 15 is 0 Å². The maximum absolute atomic E-state index is 12.9. The number of hydrogen-bond acceptors (Lipinski definition) is 9. The van der Waals surface area contributed by atoms with Gasteiger partial charge in [-0.05, 0) is 37.4 Å². The average Bonchev–Trinajstić information content (AvgIpc) is 3.30. The predicted molar refractivity (Wildman–Crippen MR) is 134 cm³/mol. The summed E-state index contributed by atoms with van der Waals surface area (Å²) in [5.41, 5.74) is 0.491. The van der Waals surface area contributed by atoms with Gasteiger partial charge in [-0.1, -0.05) is 17.4 Å². The second kappa shape index (κ2) is 12.4. The third-order valence-electron chi connectivity index (χ3n) is 5.43. The third kappa shape index (κ3) is 8.18. The van der Waals surface area contributed by atoms with Crippen molar-refractivity contribution in [3.8, 4) is 16.5 Å². The molecule has 1 amide bonds. The number of halogens is 4. The van der Waals surface area contributed by atoms with Crippen LogP contribution in [0.3, 0.4) is 0 Å². The predicted octanol–water partition coefficient (Wildman–Crippen LogP) is 3.53. The summed E-state index contributed by atoms with van der Waals surface area (Å²) >= 11 is 1.20. The summed E-state index contributed by atoms with van der Waals surface area (Å²) in [7, 11) is 1.97. The molecule has 0 unspecified atom stereocenters. The highest BCUT2D eigenvalue weighted by molar-refractivity contribution is 7.14. The van der Waals surface area contributed by atoms with Gasteiger partial charge in [-0.3, -0.25) is 19.5 Å². The minimum Gasteiger partial charge on any atom is -0.404 e. The molecule has 0 spiro atoms. The van der Waals surface area contributed by atoms with Crippen molar-refractivity contribution in [3.63, 3.8) is 0 Å². The summed E-state index contributed by atoms with van der Waals surface area (Å²) in [6.45, 7) is 2.91. The number of ether oxygens (including phenoxy) is 1. The number of Topliss-reactive ketones (excluding diaryl/α,β-unsaturated/α-hetero) is 1. The highest BCUT2D eigenvalue weighted by Crippen LogP contribution is 2.32. The number of piperazine rings is 1. The Hall–Kier alpha value is -3.13. The van der Waals surface area contributed by atoms with Gasteiger partial charge in [0, 0.05) is 37.9 Å². The van der Waals surface area contributed by atoms with E-state index in [-0.39, 0.29) is 36.6 Å². The molecule has 14 heteroatoms. The molecule has 3 aromatic rings. The van der Waals surface area contributed by atoms with E-state index in [2.05, 4.69) is 30.1 Å². The molecule has 0 saturated carbocycles. The van der Waals surface area contributed by atoms with Crippen molar-refractivity contribution in [2.45, 2.75) is 12.8 Å². The topological polar surface area (TPSA) is 101 Å². The number of rotatable bonds is 8.